The second-order valence-corrected chi connectivity index (χ2v) is 6.13. The second kappa shape index (κ2) is 5.81. The van der Waals surface area contributed by atoms with E-state index in [1.54, 1.807) is 12.1 Å². The summed E-state index contributed by atoms with van der Waals surface area (Å²) in [7, 11) is 0. The Morgan fingerprint density at radius 3 is 1.82 bits per heavy atom. The fourth-order valence-corrected chi connectivity index (χ4v) is 2.19. The molecule has 0 unspecified atom stereocenters. The summed E-state index contributed by atoms with van der Waals surface area (Å²) in [5, 5.41) is 0. The average molecular weight is 295 g/mol. The van der Waals surface area contributed by atoms with Crippen LogP contribution in [0.2, 0.25) is 0 Å². The fraction of sp³-hybridized carbons (Fsp3) is 0.182. The smallest absolute Gasteiger partial charge is 0.0622 e. The van der Waals surface area contributed by atoms with Crippen molar-refractivity contribution in [2.75, 3.05) is 0 Å². The minimum absolute atomic E-state index is 0.0548. The molecule has 0 heteroatoms. The van der Waals surface area contributed by atoms with Crippen LogP contribution in [0.1, 0.15) is 38.7 Å². The Morgan fingerprint density at radius 2 is 1.18 bits per heavy atom. The molecule has 0 bridgehead atoms. The largest absolute Gasteiger partial charge is 0.0629 e. The molecule has 110 valence electrons. The van der Waals surface area contributed by atoms with Crippen molar-refractivity contribution in [2.24, 2.45) is 0 Å². The molecule has 3 aromatic carbocycles. The summed E-state index contributed by atoms with van der Waals surface area (Å²) in [5.74, 6) is 0. The monoisotopic (exact) mass is 295 g/mol. The minimum atomic E-state index is -0.469. The summed E-state index contributed by atoms with van der Waals surface area (Å²) in [6.45, 7) is 5.91. The Morgan fingerprint density at radius 1 is 0.636 bits per heavy atom. The molecular weight excluding hydrogens is 264 g/mol. The second-order valence-electron chi connectivity index (χ2n) is 6.13. The molecule has 3 rings (SSSR count). The highest BCUT2D eigenvalue weighted by Crippen LogP contribution is 2.33. The molecule has 0 atom stereocenters. The zero-order valence-electron chi connectivity index (χ0n) is 21.8. The first-order valence-corrected chi connectivity index (χ1v) is 7.06. The molecule has 0 spiro atoms. The molecule has 0 radical (unpaired) electrons. The molecule has 0 nitrogen and oxygen atoms in total. The third-order valence-corrected chi connectivity index (χ3v) is 3.45. The van der Waals surface area contributed by atoms with Gasteiger partial charge in [0.05, 0.1) is 12.3 Å². The summed E-state index contributed by atoms with van der Waals surface area (Å²) in [6, 6.07) is 3.52. The fourth-order valence-electron chi connectivity index (χ4n) is 2.19. The van der Waals surface area contributed by atoms with Crippen LogP contribution in [0.3, 0.4) is 0 Å². The van der Waals surface area contributed by atoms with Gasteiger partial charge in [-0.1, -0.05) is 93.4 Å². The standard InChI is InChI=1S/C22H22/c1-22(2,3)21-15-19(17-10-6-4-7-11-17)14-20(16-21)18-12-8-5-9-13-18/h4-16H,1-3H3/i4D,5D,6D,7D,8D,9D,10D,11D,12D. The van der Waals surface area contributed by atoms with Crippen LogP contribution in [0.5, 0.6) is 0 Å². The summed E-state index contributed by atoms with van der Waals surface area (Å²) in [6.07, 6.45) is 0. The van der Waals surface area contributed by atoms with Crippen LogP contribution in [0, 0.1) is 0 Å². The molecule has 0 aliphatic heterocycles. The first-order chi connectivity index (χ1) is 14.3. The lowest BCUT2D eigenvalue weighted by Gasteiger charge is -2.21. The van der Waals surface area contributed by atoms with Crippen LogP contribution in [-0.2, 0) is 5.41 Å². The van der Waals surface area contributed by atoms with Crippen molar-refractivity contribution in [2.45, 2.75) is 26.2 Å². The SMILES string of the molecule is [2H]c1cc(-c2cc(-c3c([2H])c([2H])c([2H])c([2H])c3[2H])cc(C(C)(C)C)c2)c([2H])c([2H])c1[2H]. The first kappa shape index (κ1) is 7.28. The summed E-state index contributed by atoms with van der Waals surface area (Å²) in [5.41, 5.74) is 1.67. The van der Waals surface area contributed by atoms with E-state index in [4.69, 9.17) is 12.3 Å². The van der Waals surface area contributed by atoms with Gasteiger partial charge in [-0.15, -0.1) is 0 Å². The van der Waals surface area contributed by atoms with Gasteiger partial charge in [0.1, 0.15) is 0 Å². The number of rotatable bonds is 2. The summed E-state index contributed by atoms with van der Waals surface area (Å²) in [4.78, 5) is 0. The quantitative estimate of drug-likeness (QED) is 0.519. The molecule has 0 aliphatic rings. The lowest BCUT2D eigenvalue weighted by Crippen LogP contribution is -2.11. The van der Waals surface area contributed by atoms with Gasteiger partial charge in [0.15, 0.2) is 0 Å². The van der Waals surface area contributed by atoms with Gasteiger partial charge in [0.25, 0.3) is 0 Å². The Labute approximate surface area is 146 Å². The van der Waals surface area contributed by atoms with Gasteiger partial charge in [0, 0.05) is 0 Å². The Bertz CT molecular complexity index is 1180. The van der Waals surface area contributed by atoms with Crippen LogP contribution in [0.25, 0.3) is 22.3 Å². The predicted octanol–water partition coefficient (Wildman–Crippen LogP) is 6.32. The lowest BCUT2D eigenvalue weighted by atomic mass is 9.83. The van der Waals surface area contributed by atoms with Gasteiger partial charge in [-0.05, 0) is 39.3 Å². The van der Waals surface area contributed by atoms with E-state index >= 15 is 0 Å². The van der Waals surface area contributed by atoms with E-state index in [1.165, 1.54) is 6.07 Å². The maximum Gasteiger partial charge on any atom is 0.0629 e. The molecule has 0 aliphatic carbocycles. The Balaban J connectivity index is 2.42. The first-order valence-electron chi connectivity index (χ1n) is 11.6. The van der Waals surface area contributed by atoms with Crippen LogP contribution in [0.4, 0.5) is 0 Å². The topological polar surface area (TPSA) is 0 Å². The van der Waals surface area contributed by atoms with E-state index < -0.39 is 18.1 Å². The minimum Gasteiger partial charge on any atom is -0.0622 e. The predicted molar refractivity (Wildman–Crippen MR) is 96.0 cm³/mol. The van der Waals surface area contributed by atoms with E-state index in [0.29, 0.717) is 11.1 Å². The van der Waals surface area contributed by atoms with E-state index in [-0.39, 0.29) is 52.8 Å². The molecule has 0 saturated heterocycles. The highest BCUT2D eigenvalue weighted by atomic mass is 14.2. The molecule has 0 amide bonds. The van der Waals surface area contributed by atoms with Gasteiger partial charge in [0.2, 0.25) is 0 Å². The molecule has 0 heterocycles. The van der Waals surface area contributed by atoms with Crippen molar-refractivity contribution in [3.8, 4) is 22.3 Å². The average Bonchev–Trinajstić information content (AvgIpc) is 2.71. The maximum atomic E-state index is 8.32. The van der Waals surface area contributed by atoms with E-state index in [1.807, 2.05) is 26.8 Å². The van der Waals surface area contributed by atoms with E-state index in [9.17, 15) is 0 Å². The highest BCUT2D eigenvalue weighted by molar-refractivity contribution is 5.74. The van der Waals surface area contributed by atoms with Crippen molar-refractivity contribution < 1.29 is 12.3 Å². The molecule has 3 aromatic rings. The number of hydrogen-bond acceptors (Lipinski definition) is 0. The van der Waals surface area contributed by atoms with Gasteiger partial charge in [-0.25, -0.2) is 0 Å². The van der Waals surface area contributed by atoms with Crippen molar-refractivity contribution in [3.05, 3.63) is 84.2 Å². The molecule has 0 saturated carbocycles. The zero-order chi connectivity index (χ0) is 23.4. The Kier molecular flexibility index (Phi) is 1.92. The van der Waals surface area contributed by atoms with Gasteiger partial charge < -0.3 is 0 Å². The maximum absolute atomic E-state index is 8.32. The molecule has 0 fully saturated rings. The Hall–Kier alpha value is -2.34. The molecule has 0 aromatic heterocycles. The van der Waals surface area contributed by atoms with E-state index in [0.717, 1.165) is 5.56 Å². The van der Waals surface area contributed by atoms with Gasteiger partial charge in [-0.2, -0.15) is 0 Å². The van der Waals surface area contributed by atoms with E-state index in [2.05, 4.69) is 0 Å². The molecule has 0 N–H and O–H groups in total. The highest BCUT2D eigenvalue weighted by Gasteiger charge is 2.16. The van der Waals surface area contributed by atoms with Crippen molar-refractivity contribution in [1.29, 1.82) is 0 Å². The van der Waals surface area contributed by atoms with Crippen molar-refractivity contribution in [1.82, 2.24) is 0 Å². The molecular formula is C22H22. The van der Waals surface area contributed by atoms with Crippen LogP contribution < -0.4 is 0 Å². The van der Waals surface area contributed by atoms with Gasteiger partial charge >= 0.3 is 0 Å². The van der Waals surface area contributed by atoms with Crippen LogP contribution >= 0.6 is 0 Å². The summed E-state index contributed by atoms with van der Waals surface area (Å²) >= 11 is 0. The normalized spacial score (nSPS) is 17.1. The van der Waals surface area contributed by atoms with Crippen LogP contribution in [-0.4, -0.2) is 0 Å². The zero-order valence-corrected chi connectivity index (χ0v) is 12.8. The third-order valence-electron chi connectivity index (χ3n) is 3.45. The van der Waals surface area contributed by atoms with Crippen LogP contribution in [0.15, 0.2) is 78.6 Å². The van der Waals surface area contributed by atoms with Crippen molar-refractivity contribution >= 4 is 0 Å². The summed E-state index contributed by atoms with van der Waals surface area (Å²) < 4.78 is 72.5. The number of benzene rings is 3. The lowest BCUT2D eigenvalue weighted by molar-refractivity contribution is 0.590. The third kappa shape index (κ3) is 3.12. The van der Waals surface area contributed by atoms with Crippen molar-refractivity contribution in [3.63, 3.8) is 0 Å². The molecule has 22 heavy (non-hydrogen) atoms. The van der Waals surface area contributed by atoms with Gasteiger partial charge in [-0.3, -0.25) is 0 Å². The number of hydrogen-bond donors (Lipinski definition) is 0.